The molecule has 8 nitrogen and oxygen atoms in total. The molecule has 0 saturated carbocycles. The van der Waals surface area contributed by atoms with Gasteiger partial charge < -0.3 is 15.0 Å². The van der Waals surface area contributed by atoms with Crippen LogP contribution in [0.2, 0.25) is 0 Å². The molecule has 1 saturated heterocycles. The quantitative estimate of drug-likeness (QED) is 0.582. The second kappa shape index (κ2) is 9.39. The van der Waals surface area contributed by atoms with Crippen LogP contribution in [-0.2, 0) is 11.2 Å². The minimum atomic E-state index is -0.464. The summed E-state index contributed by atoms with van der Waals surface area (Å²) in [5.74, 6) is 0.480. The molecule has 0 aliphatic carbocycles. The maximum Gasteiger partial charge on any atom is 0.272 e. The largest absolute Gasteiger partial charge is 0.496 e. The van der Waals surface area contributed by atoms with E-state index in [1.165, 1.54) is 18.2 Å². The lowest BCUT2D eigenvalue weighted by molar-refractivity contribution is -0.385. The molecule has 30 heavy (non-hydrogen) atoms. The number of hydrogen-bond acceptors (Lipinski definition) is 5. The summed E-state index contributed by atoms with van der Waals surface area (Å²) in [6.45, 7) is 2.75. The molecule has 1 N–H and O–H groups in total. The van der Waals surface area contributed by atoms with Gasteiger partial charge in [0.05, 0.1) is 18.5 Å². The highest BCUT2D eigenvalue weighted by atomic mass is 16.6. The van der Waals surface area contributed by atoms with Gasteiger partial charge in [-0.3, -0.25) is 19.7 Å². The van der Waals surface area contributed by atoms with Gasteiger partial charge in [-0.05, 0) is 38.0 Å². The van der Waals surface area contributed by atoms with E-state index < -0.39 is 4.92 Å². The van der Waals surface area contributed by atoms with Gasteiger partial charge in [-0.1, -0.05) is 18.2 Å². The van der Waals surface area contributed by atoms with Crippen LogP contribution in [0, 0.1) is 17.0 Å². The first-order chi connectivity index (χ1) is 14.4. The summed E-state index contributed by atoms with van der Waals surface area (Å²) < 4.78 is 5.31. The fraction of sp³-hybridized carbons (Fsp3) is 0.364. The highest BCUT2D eigenvalue weighted by Gasteiger charge is 2.25. The molecule has 1 aliphatic rings. The molecule has 2 aromatic carbocycles. The van der Waals surface area contributed by atoms with Crippen molar-refractivity contribution in [3.8, 4) is 5.75 Å². The van der Waals surface area contributed by atoms with Crippen molar-refractivity contribution in [2.24, 2.45) is 0 Å². The van der Waals surface area contributed by atoms with E-state index in [1.54, 1.807) is 14.0 Å². The predicted octanol–water partition coefficient (Wildman–Crippen LogP) is 2.88. The molecule has 1 fully saturated rings. The number of nitrogens with one attached hydrogen (secondary N) is 1. The normalized spacial score (nSPS) is 14.3. The fourth-order valence-corrected chi connectivity index (χ4v) is 3.67. The van der Waals surface area contributed by atoms with E-state index >= 15 is 0 Å². The third-order valence-corrected chi connectivity index (χ3v) is 5.37. The van der Waals surface area contributed by atoms with Crippen LogP contribution in [0.3, 0.4) is 0 Å². The van der Waals surface area contributed by atoms with Crippen LogP contribution < -0.4 is 10.1 Å². The number of rotatable bonds is 6. The first-order valence-corrected chi connectivity index (χ1v) is 9.84. The van der Waals surface area contributed by atoms with Gasteiger partial charge in [-0.15, -0.1) is 0 Å². The van der Waals surface area contributed by atoms with Crippen molar-refractivity contribution in [3.63, 3.8) is 0 Å². The molecule has 0 spiro atoms. The van der Waals surface area contributed by atoms with Crippen LogP contribution >= 0.6 is 0 Å². The number of likely N-dealkylation sites (tertiary alicyclic amines) is 1. The Labute approximate surface area is 175 Å². The lowest BCUT2D eigenvalue weighted by Crippen LogP contribution is -2.47. The summed E-state index contributed by atoms with van der Waals surface area (Å²) >= 11 is 0. The van der Waals surface area contributed by atoms with Crippen molar-refractivity contribution in [1.82, 2.24) is 10.2 Å². The Balaban J connectivity index is 1.53. The predicted molar refractivity (Wildman–Crippen MR) is 112 cm³/mol. The number of nitrogens with zero attached hydrogens (tertiary/aromatic N) is 2. The summed E-state index contributed by atoms with van der Waals surface area (Å²) in [5.41, 5.74) is 1.69. The summed E-state index contributed by atoms with van der Waals surface area (Å²) in [6, 6.07) is 11.8. The molecular formula is C22H25N3O5. The topological polar surface area (TPSA) is 102 Å². The number of nitro benzene ring substituents is 1. The van der Waals surface area contributed by atoms with Gasteiger partial charge in [-0.2, -0.15) is 0 Å². The second-order valence-corrected chi connectivity index (χ2v) is 7.38. The zero-order valence-electron chi connectivity index (χ0n) is 17.1. The number of carbonyl (C=O) groups is 2. The number of hydrogen-bond donors (Lipinski definition) is 1. The first kappa shape index (κ1) is 21.3. The van der Waals surface area contributed by atoms with E-state index in [0.29, 0.717) is 42.8 Å². The minimum absolute atomic E-state index is 0.00610. The van der Waals surface area contributed by atoms with Crippen molar-refractivity contribution < 1.29 is 19.2 Å². The van der Waals surface area contributed by atoms with Gasteiger partial charge >= 0.3 is 0 Å². The summed E-state index contributed by atoms with van der Waals surface area (Å²) in [4.78, 5) is 37.4. The zero-order valence-corrected chi connectivity index (χ0v) is 17.1. The summed E-state index contributed by atoms with van der Waals surface area (Å²) in [7, 11) is 1.59. The second-order valence-electron chi connectivity index (χ2n) is 7.38. The maximum atomic E-state index is 12.6. The average Bonchev–Trinajstić information content (AvgIpc) is 2.74. The highest BCUT2D eigenvalue weighted by Crippen LogP contribution is 2.21. The molecular weight excluding hydrogens is 386 g/mol. The average molecular weight is 411 g/mol. The van der Waals surface area contributed by atoms with Crippen molar-refractivity contribution in [2.45, 2.75) is 32.2 Å². The third-order valence-electron chi connectivity index (χ3n) is 5.37. The van der Waals surface area contributed by atoms with E-state index in [-0.39, 0.29) is 30.0 Å². The SMILES string of the molecule is COc1ccccc1CC(=O)N1CCC(NC(=O)c2ccc([N+](=O)[O-])c(C)c2)CC1. The third kappa shape index (κ3) is 4.94. The summed E-state index contributed by atoms with van der Waals surface area (Å²) in [6.07, 6.45) is 1.61. The molecule has 0 aromatic heterocycles. The smallest absolute Gasteiger partial charge is 0.272 e. The molecule has 0 bridgehead atoms. The Hall–Kier alpha value is -3.42. The van der Waals surface area contributed by atoms with Crippen LogP contribution in [0.15, 0.2) is 42.5 Å². The van der Waals surface area contributed by atoms with E-state index in [4.69, 9.17) is 4.74 Å². The van der Waals surface area contributed by atoms with E-state index in [2.05, 4.69) is 5.32 Å². The monoisotopic (exact) mass is 411 g/mol. The van der Waals surface area contributed by atoms with Crippen molar-refractivity contribution >= 4 is 17.5 Å². The number of amides is 2. The lowest BCUT2D eigenvalue weighted by Gasteiger charge is -2.32. The van der Waals surface area contributed by atoms with Gasteiger partial charge in [0.25, 0.3) is 11.6 Å². The number of methoxy groups -OCH3 is 1. The van der Waals surface area contributed by atoms with Crippen molar-refractivity contribution in [1.29, 1.82) is 0 Å². The van der Waals surface area contributed by atoms with E-state index in [1.807, 2.05) is 29.2 Å². The minimum Gasteiger partial charge on any atom is -0.496 e. The van der Waals surface area contributed by atoms with Crippen LogP contribution in [-0.4, -0.2) is 47.9 Å². The standard InChI is InChI=1S/C22H25N3O5/c1-15-13-17(7-8-19(15)25(28)29)22(27)23-18-9-11-24(12-10-18)21(26)14-16-5-3-4-6-20(16)30-2/h3-8,13,18H,9-12,14H2,1-2H3,(H,23,27). The molecule has 3 rings (SSSR count). The molecule has 0 atom stereocenters. The fourth-order valence-electron chi connectivity index (χ4n) is 3.67. The van der Waals surface area contributed by atoms with Gasteiger partial charge in [0.2, 0.25) is 5.91 Å². The number of piperidine rings is 1. The molecule has 0 radical (unpaired) electrons. The van der Waals surface area contributed by atoms with Crippen LogP contribution in [0.4, 0.5) is 5.69 Å². The number of carbonyl (C=O) groups excluding carboxylic acids is 2. The Bertz CT molecular complexity index is 952. The number of aryl methyl sites for hydroxylation is 1. The van der Waals surface area contributed by atoms with Crippen LogP contribution in [0.1, 0.15) is 34.3 Å². The first-order valence-electron chi connectivity index (χ1n) is 9.84. The van der Waals surface area contributed by atoms with Gasteiger partial charge in [-0.25, -0.2) is 0 Å². The number of para-hydroxylation sites is 1. The Morgan fingerprint density at radius 1 is 1.20 bits per heavy atom. The zero-order chi connectivity index (χ0) is 21.7. The van der Waals surface area contributed by atoms with E-state index in [9.17, 15) is 19.7 Å². The number of ether oxygens (including phenoxy) is 1. The van der Waals surface area contributed by atoms with Crippen LogP contribution in [0.5, 0.6) is 5.75 Å². The summed E-state index contributed by atoms with van der Waals surface area (Å²) in [5, 5.41) is 13.9. The van der Waals surface area contributed by atoms with Gasteiger partial charge in [0.1, 0.15) is 5.75 Å². The van der Waals surface area contributed by atoms with Crippen LogP contribution in [0.25, 0.3) is 0 Å². The molecule has 0 unspecified atom stereocenters. The van der Waals surface area contributed by atoms with Crippen molar-refractivity contribution in [3.05, 3.63) is 69.3 Å². The van der Waals surface area contributed by atoms with Gasteiger partial charge in [0, 0.05) is 41.9 Å². The Morgan fingerprint density at radius 3 is 2.53 bits per heavy atom. The Kier molecular flexibility index (Phi) is 6.66. The molecule has 8 heteroatoms. The number of benzene rings is 2. The molecule has 1 heterocycles. The number of nitro groups is 1. The molecule has 158 valence electrons. The van der Waals surface area contributed by atoms with Gasteiger partial charge in [0.15, 0.2) is 0 Å². The molecule has 2 amide bonds. The van der Waals surface area contributed by atoms with Crippen molar-refractivity contribution in [2.75, 3.05) is 20.2 Å². The van der Waals surface area contributed by atoms with E-state index in [0.717, 1.165) is 5.56 Å². The molecule has 2 aromatic rings. The maximum absolute atomic E-state index is 12.6. The molecule has 1 aliphatic heterocycles. The Morgan fingerprint density at radius 2 is 1.90 bits per heavy atom. The lowest BCUT2D eigenvalue weighted by atomic mass is 10.0. The highest BCUT2D eigenvalue weighted by molar-refractivity contribution is 5.95.